The SMILES string of the molecule is C.CN(C)c1cccc2c1CCN(C(=O)OC(C)(C)C)C2.CN(C)c1cccc2c1CCN(C(=O)OC(C)(C)C)C2.CNc1cccc2c1CCN(C(=O)OC(C)(C)C)C2. The zero-order chi connectivity index (χ0) is 43.9. The van der Waals surface area contributed by atoms with Gasteiger partial charge in [-0.25, -0.2) is 14.4 Å². The third-order valence-electron chi connectivity index (χ3n) is 9.94. The second-order valence-corrected chi connectivity index (χ2v) is 18.8. The van der Waals surface area contributed by atoms with Crippen molar-refractivity contribution in [2.75, 3.05) is 70.0 Å². The van der Waals surface area contributed by atoms with Gasteiger partial charge in [-0.2, -0.15) is 0 Å². The number of fused-ring (bicyclic) bond motifs is 3. The molecule has 0 saturated heterocycles. The van der Waals surface area contributed by atoms with E-state index >= 15 is 0 Å². The van der Waals surface area contributed by atoms with Crippen molar-refractivity contribution in [2.24, 2.45) is 0 Å². The number of nitrogens with one attached hydrogen (secondary N) is 1. The monoisotopic (exact) mass is 831 g/mol. The van der Waals surface area contributed by atoms with Gasteiger partial charge in [-0.3, -0.25) is 0 Å². The minimum Gasteiger partial charge on any atom is -0.444 e. The van der Waals surface area contributed by atoms with Crippen molar-refractivity contribution in [3.05, 3.63) is 88.0 Å². The molecule has 0 saturated carbocycles. The van der Waals surface area contributed by atoms with Crippen LogP contribution in [0.15, 0.2) is 54.6 Å². The molecular weight excluding hydrogens is 757 g/mol. The summed E-state index contributed by atoms with van der Waals surface area (Å²) in [4.78, 5) is 45.9. The third kappa shape index (κ3) is 14.0. The molecule has 3 aromatic rings. The van der Waals surface area contributed by atoms with Gasteiger partial charge in [0.15, 0.2) is 0 Å². The average molecular weight is 831 g/mol. The minimum absolute atomic E-state index is 0. The number of benzene rings is 3. The molecule has 3 aromatic carbocycles. The largest absolute Gasteiger partial charge is 0.444 e. The van der Waals surface area contributed by atoms with E-state index in [0.29, 0.717) is 39.3 Å². The van der Waals surface area contributed by atoms with Crippen molar-refractivity contribution in [1.29, 1.82) is 0 Å². The van der Waals surface area contributed by atoms with Gasteiger partial charge in [-0.1, -0.05) is 43.8 Å². The lowest BCUT2D eigenvalue weighted by molar-refractivity contribution is 0.0214. The first kappa shape index (κ1) is 49.2. The van der Waals surface area contributed by atoms with Crippen LogP contribution in [-0.2, 0) is 53.1 Å². The van der Waals surface area contributed by atoms with Crippen molar-refractivity contribution in [1.82, 2.24) is 14.7 Å². The smallest absolute Gasteiger partial charge is 0.410 e. The number of hydrogen-bond donors (Lipinski definition) is 1. The predicted octanol–water partition coefficient (Wildman–Crippen LogP) is 9.75. The predicted molar refractivity (Wildman–Crippen MR) is 245 cm³/mol. The van der Waals surface area contributed by atoms with Crippen LogP contribution >= 0.6 is 0 Å². The highest BCUT2D eigenvalue weighted by Crippen LogP contribution is 2.31. The Morgan fingerprint density at radius 1 is 0.517 bits per heavy atom. The molecule has 0 aromatic heterocycles. The van der Waals surface area contributed by atoms with Crippen molar-refractivity contribution in [3.63, 3.8) is 0 Å². The van der Waals surface area contributed by atoms with Crippen molar-refractivity contribution in [3.8, 4) is 0 Å². The number of rotatable bonds is 3. The van der Waals surface area contributed by atoms with Crippen LogP contribution in [0.3, 0.4) is 0 Å². The van der Waals surface area contributed by atoms with Crippen molar-refractivity contribution >= 4 is 35.3 Å². The molecule has 0 aliphatic carbocycles. The third-order valence-corrected chi connectivity index (χ3v) is 9.94. The van der Waals surface area contributed by atoms with Crippen LogP contribution in [-0.4, -0.2) is 105 Å². The molecule has 6 rings (SSSR count). The van der Waals surface area contributed by atoms with Gasteiger partial charge >= 0.3 is 18.3 Å². The van der Waals surface area contributed by atoms with E-state index < -0.39 is 16.8 Å². The summed E-state index contributed by atoms with van der Waals surface area (Å²) in [7, 11) is 10.1. The second-order valence-electron chi connectivity index (χ2n) is 18.8. The highest BCUT2D eigenvalue weighted by molar-refractivity contribution is 5.71. The Labute approximate surface area is 361 Å². The molecule has 1 N–H and O–H groups in total. The first-order chi connectivity index (χ1) is 27.5. The van der Waals surface area contributed by atoms with Gasteiger partial charge in [0.05, 0.1) is 0 Å². The number of hydrogen-bond acceptors (Lipinski definition) is 9. The summed E-state index contributed by atoms with van der Waals surface area (Å²) in [6.45, 7) is 21.1. The second kappa shape index (κ2) is 20.4. The molecule has 12 nitrogen and oxygen atoms in total. The zero-order valence-corrected chi connectivity index (χ0v) is 38.2. The van der Waals surface area contributed by atoms with E-state index in [1.54, 1.807) is 14.7 Å². The summed E-state index contributed by atoms with van der Waals surface area (Å²) in [6.07, 6.45) is 1.95. The number of ether oxygens (including phenoxy) is 3. The van der Waals surface area contributed by atoms with E-state index in [1.807, 2.05) is 87.6 Å². The normalized spacial score (nSPS) is 14.5. The van der Waals surface area contributed by atoms with Gasteiger partial charge in [0.2, 0.25) is 0 Å². The molecule has 0 spiro atoms. The summed E-state index contributed by atoms with van der Waals surface area (Å²) in [6, 6.07) is 18.7. The first-order valence-corrected chi connectivity index (χ1v) is 20.7. The molecule has 3 aliphatic heterocycles. The Hall–Kier alpha value is -5.13. The molecule has 0 atom stereocenters. The van der Waals surface area contributed by atoms with E-state index in [2.05, 4.69) is 79.7 Å². The number of anilines is 3. The molecule has 332 valence electrons. The maximum Gasteiger partial charge on any atom is 0.410 e. The van der Waals surface area contributed by atoms with E-state index in [9.17, 15) is 14.4 Å². The van der Waals surface area contributed by atoms with Crippen molar-refractivity contribution in [2.45, 2.75) is 125 Å². The maximum absolute atomic E-state index is 12.1. The zero-order valence-electron chi connectivity index (χ0n) is 38.2. The fourth-order valence-electron chi connectivity index (χ4n) is 7.31. The number of carbonyl (C=O) groups is 3. The molecule has 0 radical (unpaired) electrons. The van der Waals surface area contributed by atoms with Crippen molar-refractivity contribution < 1.29 is 28.6 Å². The van der Waals surface area contributed by atoms with Crippen LogP contribution in [0.1, 0.15) is 103 Å². The van der Waals surface area contributed by atoms with Gasteiger partial charge in [0.25, 0.3) is 0 Å². The molecule has 0 unspecified atom stereocenters. The van der Waals surface area contributed by atoms with E-state index in [-0.39, 0.29) is 25.7 Å². The van der Waals surface area contributed by atoms with Gasteiger partial charge in [0.1, 0.15) is 16.8 Å². The molecule has 3 aliphatic rings. The lowest BCUT2D eigenvalue weighted by Crippen LogP contribution is -2.40. The Balaban J connectivity index is 0.000000238. The average Bonchev–Trinajstić information content (AvgIpc) is 3.14. The van der Waals surface area contributed by atoms with Gasteiger partial charge in [-0.15, -0.1) is 0 Å². The maximum atomic E-state index is 12.1. The highest BCUT2D eigenvalue weighted by atomic mass is 16.6. The van der Waals surface area contributed by atoms with E-state index in [0.717, 1.165) is 24.9 Å². The van der Waals surface area contributed by atoms with Crippen LogP contribution < -0.4 is 15.1 Å². The van der Waals surface area contributed by atoms with Gasteiger partial charge in [-0.05, 0) is 133 Å². The minimum atomic E-state index is -0.442. The van der Waals surface area contributed by atoms with Crippen LogP contribution in [0.4, 0.5) is 31.4 Å². The van der Waals surface area contributed by atoms with E-state index in [1.165, 1.54) is 44.8 Å². The molecule has 60 heavy (non-hydrogen) atoms. The van der Waals surface area contributed by atoms with Gasteiger partial charge < -0.3 is 44.0 Å². The molecular formula is C48H74N6O6. The lowest BCUT2D eigenvalue weighted by atomic mass is 9.97. The summed E-state index contributed by atoms with van der Waals surface area (Å²) in [5.74, 6) is 0. The van der Waals surface area contributed by atoms with E-state index in [4.69, 9.17) is 14.2 Å². The quantitative estimate of drug-likeness (QED) is 0.258. The molecule has 3 amide bonds. The summed E-state index contributed by atoms with van der Waals surface area (Å²) in [5.41, 5.74) is 9.94. The lowest BCUT2D eigenvalue weighted by Gasteiger charge is -2.33. The van der Waals surface area contributed by atoms with Crippen LogP contribution in [0.25, 0.3) is 0 Å². The number of amides is 3. The first-order valence-electron chi connectivity index (χ1n) is 20.7. The molecule has 12 heteroatoms. The Bertz CT molecular complexity index is 1830. The molecule has 3 heterocycles. The Kier molecular flexibility index (Phi) is 16.8. The summed E-state index contributed by atoms with van der Waals surface area (Å²) in [5, 5.41) is 3.20. The van der Waals surface area contributed by atoms with Crippen LogP contribution in [0, 0.1) is 0 Å². The van der Waals surface area contributed by atoms with Gasteiger partial charge in [0, 0.05) is 91.6 Å². The Morgan fingerprint density at radius 2 is 0.817 bits per heavy atom. The van der Waals surface area contributed by atoms with Crippen LogP contribution in [0.2, 0.25) is 0 Å². The number of carbonyl (C=O) groups excluding carboxylic acids is 3. The topological polar surface area (TPSA) is 107 Å². The molecule has 0 fully saturated rings. The Morgan fingerprint density at radius 3 is 1.12 bits per heavy atom. The fraction of sp³-hybridized carbons (Fsp3) is 0.562. The van der Waals surface area contributed by atoms with Crippen LogP contribution in [0.5, 0.6) is 0 Å². The molecule has 0 bridgehead atoms. The summed E-state index contributed by atoms with van der Waals surface area (Å²) < 4.78 is 16.3. The highest BCUT2D eigenvalue weighted by Gasteiger charge is 2.29. The standard InChI is InChI=1S/2C16H24N2O2.C15H22N2O2.CH4/c2*1-16(2,3)20-15(19)18-10-9-13-12(11-18)7-6-8-14(13)17(4)5;1-15(2,3)19-14(18)17-9-8-12-11(10-17)6-5-7-13(12)16-4;/h2*6-8H,9-11H2,1-5H3;5-7,16H,8-10H2,1-4H3;1H4. The number of nitrogens with zero attached hydrogens (tertiary/aromatic N) is 5. The summed E-state index contributed by atoms with van der Waals surface area (Å²) >= 11 is 0. The fourth-order valence-corrected chi connectivity index (χ4v) is 7.31.